The molecule has 41 heavy (non-hydrogen) atoms. The molecule has 4 nitrogen and oxygen atoms in total. The van der Waals surface area contributed by atoms with Crippen LogP contribution in [0.3, 0.4) is 0 Å². The van der Waals surface area contributed by atoms with Gasteiger partial charge in [-0.3, -0.25) is 9.80 Å². The molecule has 0 bridgehead atoms. The SMILES string of the molecule is Cc1cc(C)c(N(c2ccccc2)C(CCCN(C)C2CCCC2)(N(C)C2CCCCC2)N(C)C(C)(C)C)c(C)c1. The highest BCUT2D eigenvalue weighted by atomic mass is 15.6. The van der Waals surface area contributed by atoms with Gasteiger partial charge in [0.1, 0.15) is 0 Å². The van der Waals surface area contributed by atoms with E-state index in [4.69, 9.17) is 0 Å². The molecule has 0 spiro atoms. The lowest BCUT2D eigenvalue weighted by Crippen LogP contribution is -2.72. The first-order valence-corrected chi connectivity index (χ1v) is 16.6. The van der Waals surface area contributed by atoms with Crippen LogP contribution in [0.4, 0.5) is 11.4 Å². The van der Waals surface area contributed by atoms with Gasteiger partial charge in [0, 0.05) is 35.4 Å². The molecule has 2 saturated carbocycles. The van der Waals surface area contributed by atoms with Crippen molar-refractivity contribution in [1.82, 2.24) is 14.7 Å². The van der Waals surface area contributed by atoms with Crippen molar-refractivity contribution in [2.24, 2.45) is 0 Å². The average molecular weight is 561 g/mol. The highest BCUT2D eigenvalue weighted by Crippen LogP contribution is 2.46. The summed E-state index contributed by atoms with van der Waals surface area (Å²) in [4.78, 5) is 11.0. The van der Waals surface area contributed by atoms with Crippen molar-refractivity contribution in [3.8, 4) is 0 Å². The largest absolute Gasteiger partial charge is 0.309 e. The Kier molecular flexibility index (Phi) is 10.6. The Morgan fingerprint density at radius 2 is 1.27 bits per heavy atom. The van der Waals surface area contributed by atoms with Crippen LogP contribution in [0.25, 0.3) is 0 Å². The van der Waals surface area contributed by atoms with Gasteiger partial charge in [-0.05, 0) is 125 Å². The second-order valence-corrected chi connectivity index (χ2v) is 14.3. The van der Waals surface area contributed by atoms with Crippen LogP contribution in [0, 0.1) is 20.8 Å². The average Bonchev–Trinajstić information content (AvgIpc) is 3.49. The summed E-state index contributed by atoms with van der Waals surface area (Å²) < 4.78 is 0. The lowest BCUT2D eigenvalue weighted by molar-refractivity contribution is -0.102. The second kappa shape index (κ2) is 13.6. The molecule has 2 aromatic rings. The molecule has 1 atom stereocenters. The molecule has 2 aromatic carbocycles. The molecule has 0 saturated heterocycles. The topological polar surface area (TPSA) is 13.0 Å². The molecule has 1 unspecified atom stereocenters. The Morgan fingerprint density at radius 3 is 1.83 bits per heavy atom. The minimum atomic E-state index is -0.330. The van der Waals surface area contributed by atoms with Crippen molar-refractivity contribution in [1.29, 1.82) is 0 Å². The van der Waals surface area contributed by atoms with Gasteiger partial charge in [0.15, 0.2) is 5.79 Å². The number of aryl methyl sites for hydroxylation is 3. The van der Waals surface area contributed by atoms with E-state index in [0.717, 1.165) is 25.4 Å². The normalized spacial score (nSPS) is 18.9. The van der Waals surface area contributed by atoms with E-state index in [-0.39, 0.29) is 11.3 Å². The third-order valence-electron chi connectivity index (χ3n) is 10.4. The molecule has 0 amide bonds. The van der Waals surface area contributed by atoms with E-state index in [1.807, 2.05) is 0 Å². The smallest absolute Gasteiger partial charge is 0.155 e. The van der Waals surface area contributed by atoms with Gasteiger partial charge in [0.2, 0.25) is 0 Å². The summed E-state index contributed by atoms with van der Waals surface area (Å²) in [6.45, 7) is 15.2. The minimum Gasteiger partial charge on any atom is -0.309 e. The summed E-state index contributed by atoms with van der Waals surface area (Å²) in [5.74, 6) is -0.330. The molecule has 228 valence electrons. The first-order chi connectivity index (χ1) is 19.5. The van der Waals surface area contributed by atoms with Crippen LogP contribution < -0.4 is 4.90 Å². The highest BCUT2D eigenvalue weighted by Gasteiger charge is 2.51. The molecular weight excluding hydrogens is 500 g/mol. The quantitative estimate of drug-likeness (QED) is 0.254. The monoisotopic (exact) mass is 560 g/mol. The van der Waals surface area contributed by atoms with Crippen LogP contribution >= 0.6 is 0 Å². The zero-order valence-electron chi connectivity index (χ0n) is 28.0. The van der Waals surface area contributed by atoms with Gasteiger partial charge in [-0.15, -0.1) is 0 Å². The number of rotatable bonds is 11. The van der Waals surface area contributed by atoms with E-state index in [1.165, 1.54) is 85.9 Å². The van der Waals surface area contributed by atoms with E-state index >= 15 is 0 Å². The predicted molar refractivity (Wildman–Crippen MR) is 178 cm³/mol. The van der Waals surface area contributed by atoms with Crippen LogP contribution in [0.1, 0.15) is 108 Å². The lowest BCUT2D eigenvalue weighted by Gasteiger charge is -2.61. The maximum atomic E-state index is 2.82. The zero-order chi connectivity index (χ0) is 29.8. The number of hydrogen-bond acceptors (Lipinski definition) is 4. The number of para-hydroxylation sites is 1. The summed E-state index contributed by atoms with van der Waals surface area (Å²) >= 11 is 0. The maximum Gasteiger partial charge on any atom is 0.155 e. The van der Waals surface area contributed by atoms with Crippen molar-refractivity contribution in [3.63, 3.8) is 0 Å². The van der Waals surface area contributed by atoms with Gasteiger partial charge < -0.3 is 9.80 Å². The molecule has 0 aliphatic heterocycles. The fourth-order valence-corrected chi connectivity index (χ4v) is 8.01. The summed E-state index contributed by atoms with van der Waals surface area (Å²) in [5.41, 5.74) is 6.68. The van der Waals surface area contributed by atoms with Gasteiger partial charge in [-0.2, -0.15) is 0 Å². The van der Waals surface area contributed by atoms with Crippen molar-refractivity contribution < 1.29 is 0 Å². The van der Waals surface area contributed by atoms with E-state index in [1.54, 1.807) is 0 Å². The third kappa shape index (κ3) is 7.03. The third-order valence-corrected chi connectivity index (χ3v) is 10.4. The van der Waals surface area contributed by atoms with Crippen LogP contribution in [0.5, 0.6) is 0 Å². The molecule has 4 rings (SSSR count). The molecule has 4 heteroatoms. The fourth-order valence-electron chi connectivity index (χ4n) is 8.01. The summed E-state index contributed by atoms with van der Waals surface area (Å²) in [7, 11) is 7.22. The van der Waals surface area contributed by atoms with Gasteiger partial charge in [-0.25, -0.2) is 0 Å². The van der Waals surface area contributed by atoms with Crippen LogP contribution in [-0.2, 0) is 0 Å². The predicted octanol–water partition coefficient (Wildman–Crippen LogP) is 9.05. The maximum absolute atomic E-state index is 2.82. The highest BCUT2D eigenvalue weighted by molar-refractivity contribution is 5.72. The molecule has 2 aliphatic rings. The molecule has 0 radical (unpaired) electrons. The summed E-state index contributed by atoms with van der Waals surface area (Å²) in [6, 6.07) is 17.4. The molecule has 2 fully saturated rings. The number of benzene rings is 2. The number of anilines is 2. The Hall–Kier alpha value is -1.88. The number of nitrogens with zero attached hydrogens (tertiary/aromatic N) is 4. The van der Waals surface area contributed by atoms with Gasteiger partial charge >= 0.3 is 0 Å². The van der Waals surface area contributed by atoms with Crippen LogP contribution in [0.15, 0.2) is 42.5 Å². The Bertz CT molecular complexity index is 1070. The van der Waals surface area contributed by atoms with Crippen molar-refractivity contribution in [2.75, 3.05) is 32.6 Å². The zero-order valence-corrected chi connectivity index (χ0v) is 28.0. The standard InChI is InChI=1S/C37H60N4/c1-29-27-30(2)35(31(3)28-29)41(34-23-14-11-15-24-34)37(40(9)36(4,5)6,39(8)33-21-12-10-13-22-33)25-18-26-38(7)32-19-16-17-20-32/h11,14-15,23-24,27-28,32-33H,10,12-13,16-22,25-26H2,1-9H3. The molecule has 0 N–H and O–H groups in total. The van der Waals surface area contributed by atoms with Gasteiger partial charge in [0.25, 0.3) is 0 Å². The van der Waals surface area contributed by atoms with Crippen molar-refractivity contribution in [2.45, 2.75) is 136 Å². The number of hydrogen-bond donors (Lipinski definition) is 0. The van der Waals surface area contributed by atoms with Crippen molar-refractivity contribution in [3.05, 3.63) is 59.2 Å². The van der Waals surface area contributed by atoms with E-state index in [2.05, 4.69) is 125 Å². The second-order valence-electron chi connectivity index (χ2n) is 14.3. The molecule has 2 aliphatic carbocycles. The first kappa shape index (κ1) is 32.0. The lowest BCUT2D eigenvalue weighted by atomic mass is 9.89. The first-order valence-electron chi connectivity index (χ1n) is 16.6. The fraction of sp³-hybridized carbons (Fsp3) is 0.676. The van der Waals surface area contributed by atoms with E-state index in [0.29, 0.717) is 6.04 Å². The van der Waals surface area contributed by atoms with E-state index < -0.39 is 0 Å². The van der Waals surface area contributed by atoms with Gasteiger partial charge in [-0.1, -0.05) is 68.0 Å². The van der Waals surface area contributed by atoms with Crippen molar-refractivity contribution >= 4 is 11.4 Å². The summed E-state index contributed by atoms with van der Waals surface area (Å²) in [5, 5.41) is 0. The van der Waals surface area contributed by atoms with Gasteiger partial charge in [0.05, 0.1) is 0 Å². The summed E-state index contributed by atoms with van der Waals surface area (Å²) in [6.07, 6.45) is 14.4. The van der Waals surface area contributed by atoms with Crippen LogP contribution in [0.2, 0.25) is 0 Å². The van der Waals surface area contributed by atoms with Crippen LogP contribution in [-0.4, -0.2) is 65.8 Å². The molecule has 0 aromatic heterocycles. The Morgan fingerprint density at radius 1 is 0.732 bits per heavy atom. The molecular formula is C37H60N4. The minimum absolute atomic E-state index is 0.0280. The molecule has 0 heterocycles. The Labute approximate surface area is 253 Å². The Balaban J connectivity index is 1.91. The van der Waals surface area contributed by atoms with E-state index in [9.17, 15) is 0 Å².